The van der Waals surface area contributed by atoms with Gasteiger partial charge in [0.1, 0.15) is 0 Å². The summed E-state index contributed by atoms with van der Waals surface area (Å²) in [5.74, 6) is -0.0548. The summed E-state index contributed by atoms with van der Waals surface area (Å²) < 4.78 is 27.3. The number of rotatable bonds is 8. The summed E-state index contributed by atoms with van der Waals surface area (Å²) >= 11 is 0. The van der Waals surface area contributed by atoms with Gasteiger partial charge < -0.3 is 5.32 Å². The summed E-state index contributed by atoms with van der Waals surface area (Å²) in [6, 6.07) is 23.1. The lowest BCUT2D eigenvalue weighted by Crippen LogP contribution is -2.48. The maximum absolute atomic E-state index is 13.0. The van der Waals surface area contributed by atoms with Gasteiger partial charge >= 0.3 is 0 Å². The number of sulfonamides is 1. The van der Waals surface area contributed by atoms with E-state index in [0.717, 1.165) is 31.4 Å². The molecular formula is C31H37N3O3S. The molecule has 2 aliphatic rings. The van der Waals surface area contributed by atoms with Gasteiger partial charge in [0.15, 0.2) is 0 Å². The molecule has 200 valence electrons. The molecule has 1 heterocycles. The Hall–Kier alpha value is -3.00. The Labute approximate surface area is 226 Å². The number of piperazine rings is 1. The minimum absolute atomic E-state index is 0.00198. The van der Waals surface area contributed by atoms with E-state index >= 15 is 0 Å². The molecule has 1 atom stereocenters. The number of aryl methyl sites for hydroxylation is 2. The van der Waals surface area contributed by atoms with Gasteiger partial charge in [0.2, 0.25) is 10.0 Å². The smallest absolute Gasteiger partial charge is 0.251 e. The number of nitrogens with zero attached hydrogens (tertiary/aromatic N) is 2. The molecule has 0 bridgehead atoms. The van der Waals surface area contributed by atoms with Crippen molar-refractivity contribution in [1.29, 1.82) is 0 Å². The minimum Gasteiger partial charge on any atom is -0.345 e. The zero-order valence-electron chi connectivity index (χ0n) is 22.1. The van der Waals surface area contributed by atoms with Crippen LogP contribution >= 0.6 is 0 Å². The molecule has 7 heteroatoms. The molecule has 0 radical (unpaired) electrons. The lowest BCUT2D eigenvalue weighted by atomic mass is 9.88. The van der Waals surface area contributed by atoms with Crippen LogP contribution in [0.2, 0.25) is 0 Å². The number of fused-ring (bicyclic) bond motifs is 1. The van der Waals surface area contributed by atoms with Gasteiger partial charge in [-0.2, -0.15) is 4.31 Å². The molecule has 3 aromatic carbocycles. The summed E-state index contributed by atoms with van der Waals surface area (Å²) in [6.07, 6.45) is 5.64. The molecule has 1 fully saturated rings. The Bertz CT molecular complexity index is 1350. The predicted molar refractivity (Wildman–Crippen MR) is 151 cm³/mol. The zero-order valence-corrected chi connectivity index (χ0v) is 22.9. The second kappa shape index (κ2) is 11.8. The van der Waals surface area contributed by atoms with E-state index in [4.69, 9.17) is 0 Å². The Morgan fingerprint density at radius 3 is 2.24 bits per heavy atom. The molecule has 1 amide bonds. The number of nitrogens with one attached hydrogen (secondary N) is 1. The summed E-state index contributed by atoms with van der Waals surface area (Å²) in [5, 5.41) is 3.23. The number of carbonyl (C=O) groups excluding carboxylic acids is 1. The first-order valence-electron chi connectivity index (χ1n) is 13.7. The van der Waals surface area contributed by atoms with E-state index in [1.165, 1.54) is 29.5 Å². The first-order chi connectivity index (χ1) is 18.4. The number of hydrogen-bond donors (Lipinski definition) is 1. The molecule has 5 rings (SSSR count). The minimum atomic E-state index is -3.45. The fourth-order valence-electron chi connectivity index (χ4n) is 5.52. The molecular weight excluding hydrogens is 494 g/mol. The third-order valence-corrected chi connectivity index (χ3v) is 9.74. The second-order valence-electron chi connectivity index (χ2n) is 10.4. The first kappa shape index (κ1) is 26.6. The fraction of sp³-hybridized carbons (Fsp3) is 0.387. The SMILES string of the molecule is CC[C@@H](NC(=O)c1ccc(CN2CCN(S(=O)(=O)c3ccccc3)CC2)cc1)c1ccc2c(c1)CCCC2. The molecule has 1 N–H and O–H groups in total. The number of carbonyl (C=O) groups is 1. The first-order valence-corrected chi connectivity index (χ1v) is 15.2. The zero-order chi connectivity index (χ0) is 26.5. The summed E-state index contributed by atoms with van der Waals surface area (Å²) in [6.45, 7) is 5.13. The lowest BCUT2D eigenvalue weighted by molar-refractivity contribution is 0.0935. The van der Waals surface area contributed by atoms with Crippen molar-refractivity contribution >= 4 is 15.9 Å². The Kier molecular flexibility index (Phi) is 8.27. The highest BCUT2D eigenvalue weighted by atomic mass is 32.2. The van der Waals surface area contributed by atoms with E-state index in [-0.39, 0.29) is 11.9 Å². The Morgan fingerprint density at radius 2 is 1.55 bits per heavy atom. The second-order valence-corrected chi connectivity index (χ2v) is 12.3. The Morgan fingerprint density at radius 1 is 0.868 bits per heavy atom. The van der Waals surface area contributed by atoms with Gasteiger partial charge in [0.25, 0.3) is 5.91 Å². The van der Waals surface area contributed by atoms with Crippen molar-refractivity contribution in [2.75, 3.05) is 26.2 Å². The highest BCUT2D eigenvalue weighted by Crippen LogP contribution is 2.26. The van der Waals surface area contributed by atoms with Crippen LogP contribution in [0.1, 0.15) is 64.8 Å². The van der Waals surface area contributed by atoms with Crippen LogP contribution in [-0.2, 0) is 29.4 Å². The van der Waals surface area contributed by atoms with Crippen molar-refractivity contribution in [2.24, 2.45) is 0 Å². The highest BCUT2D eigenvalue weighted by molar-refractivity contribution is 7.89. The topological polar surface area (TPSA) is 69.7 Å². The predicted octanol–water partition coefficient (Wildman–Crippen LogP) is 4.95. The highest BCUT2D eigenvalue weighted by Gasteiger charge is 2.28. The van der Waals surface area contributed by atoms with Crippen LogP contribution in [0.3, 0.4) is 0 Å². The van der Waals surface area contributed by atoms with Crippen molar-refractivity contribution in [2.45, 2.75) is 56.5 Å². The quantitative estimate of drug-likeness (QED) is 0.447. The molecule has 38 heavy (non-hydrogen) atoms. The number of benzene rings is 3. The van der Waals surface area contributed by atoms with E-state index in [1.807, 2.05) is 30.3 Å². The molecule has 0 unspecified atom stereocenters. The van der Waals surface area contributed by atoms with E-state index < -0.39 is 10.0 Å². The Balaban J connectivity index is 1.15. The van der Waals surface area contributed by atoms with Crippen molar-refractivity contribution in [3.8, 4) is 0 Å². The molecule has 6 nitrogen and oxygen atoms in total. The summed E-state index contributed by atoms with van der Waals surface area (Å²) in [4.78, 5) is 15.6. The van der Waals surface area contributed by atoms with Gasteiger partial charge in [-0.3, -0.25) is 9.69 Å². The summed E-state index contributed by atoms with van der Waals surface area (Å²) in [5.41, 5.74) is 5.85. The van der Waals surface area contributed by atoms with Crippen LogP contribution in [0.5, 0.6) is 0 Å². The lowest BCUT2D eigenvalue weighted by Gasteiger charge is -2.34. The van der Waals surface area contributed by atoms with Crippen molar-refractivity contribution in [3.05, 3.63) is 101 Å². The van der Waals surface area contributed by atoms with E-state index in [2.05, 4.69) is 35.3 Å². The fourth-order valence-corrected chi connectivity index (χ4v) is 6.97. The van der Waals surface area contributed by atoms with Crippen molar-refractivity contribution < 1.29 is 13.2 Å². The van der Waals surface area contributed by atoms with Crippen LogP contribution in [0, 0.1) is 0 Å². The normalized spacial score (nSPS) is 17.5. The standard InChI is InChI=1S/C31H37N3O3S/c1-2-30(28-17-16-25-8-6-7-9-27(25)22-28)32-31(35)26-14-12-24(13-15-26)23-33-18-20-34(21-19-33)38(36,37)29-10-4-3-5-11-29/h3-5,10-17,22,30H,2,6-9,18-21,23H2,1H3,(H,32,35)/t30-/m1/s1. The van der Waals surface area contributed by atoms with Gasteiger partial charge in [-0.1, -0.05) is 55.5 Å². The molecule has 1 aliphatic heterocycles. The molecule has 0 spiro atoms. The van der Waals surface area contributed by atoms with Crippen LogP contribution in [0.4, 0.5) is 0 Å². The maximum atomic E-state index is 13.0. The number of amides is 1. The molecule has 0 aromatic heterocycles. The van der Waals surface area contributed by atoms with Gasteiger partial charge in [0.05, 0.1) is 10.9 Å². The van der Waals surface area contributed by atoms with Gasteiger partial charge in [-0.05, 0) is 78.6 Å². The van der Waals surface area contributed by atoms with Crippen LogP contribution in [0.25, 0.3) is 0 Å². The summed E-state index contributed by atoms with van der Waals surface area (Å²) in [7, 11) is -3.45. The largest absolute Gasteiger partial charge is 0.345 e. The van der Waals surface area contributed by atoms with Gasteiger partial charge in [-0.15, -0.1) is 0 Å². The van der Waals surface area contributed by atoms with E-state index in [9.17, 15) is 13.2 Å². The number of hydrogen-bond acceptors (Lipinski definition) is 4. The molecule has 1 aliphatic carbocycles. The van der Waals surface area contributed by atoms with Crippen LogP contribution < -0.4 is 5.32 Å². The monoisotopic (exact) mass is 531 g/mol. The van der Waals surface area contributed by atoms with Gasteiger partial charge in [0, 0.05) is 38.3 Å². The molecule has 0 saturated carbocycles. The van der Waals surface area contributed by atoms with E-state index in [1.54, 1.807) is 28.6 Å². The average Bonchev–Trinajstić information content (AvgIpc) is 2.96. The third kappa shape index (κ3) is 6.01. The van der Waals surface area contributed by atoms with E-state index in [0.29, 0.717) is 36.6 Å². The third-order valence-electron chi connectivity index (χ3n) is 7.82. The molecule has 3 aromatic rings. The van der Waals surface area contributed by atoms with Crippen molar-refractivity contribution in [1.82, 2.24) is 14.5 Å². The van der Waals surface area contributed by atoms with Crippen LogP contribution in [-0.4, -0.2) is 49.7 Å². The van der Waals surface area contributed by atoms with Crippen molar-refractivity contribution in [3.63, 3.8) is 0 Å². The van der Waals surface area contributed by atoms with Crippen LogP contribution in [0.15, 0.2) is 77.7 Å². The maximum Gasteiger partial charge on any atom is 0.251 e. The molecule has 1 saturated heterocycles. The average molecular weight is 532 g/mol. The van der Waals surface area contributed by atoms with Gasteiger partial charge in [-0.25, -0.2) is 8.42 Å².